The Bertz CT molecular complexity index is 2040. The smallest absolute Gasteiger partial charge is 0.295 e. The molecule has 0 aliphatic heterocycles. The number of rotatable bonds is 5. The summed E-state index contributed by atoms with van der Waals surface area (Å²) in [7, 11) is -14.7. The molecule has 0 aliphatic rings. The molecule has 39 heavy (non-hydrogen) atoms. The maximum atomic E-state index is 12.1. The van der Waals surface area contributed by atoms with E-state index in [1.165, 1.54) is 19.1 Å². The van der Waals surface area contributed by atoms with Crippen LogP contribution in [-0.2, 0) is 47.4 Å². The normalized spacial score (nSPS) is 12.7. The number of hydrogen-bond donors (Lipinski definition) is 5. The molecule has 0 amide bonds. The minimum Gasteiger partial charge on any atom is -0.506 e. The van der Waals surface area contributed by atoms with Crippen LogP contribution in [0.4, 0.5) is 11.4 Å². The van der Waals surface area contributed by atoms with E-state index in [1.807, 2.05) is 0 Å². The first kappa shape index (κ1) is 30.4. The van der Waals surface area contributed by atoms with Crippen LogP contribution in [0.1, 0.15) is 11.1 Å². The van der Waals surface area contributed by atoms with Crippen LogP contribution in [0.2, 0.25) is 0 Å². The van der Waals surface area contributed by atoms with Gasteiger partial charge in [0.25, 0.3) is 30.4 Å². The summed E-state index contributed by atoms with van der Waals surface area (Å²) in [5, 5.41) is 28.2. The van der Waals surface area contributed by atoms with E-state index in [2.05, 4.69) is 10.2 Å². The van der Waals surface area contributed by atoms with Gasteiger partial charge in [-0.15, -0.1) is 10.2 Å². The quantitative estimate of drug-likeness (QED) is 0.117. The number of hydrogen-bond acceptors (Lipinski definition) is 10. The number of benzene rings is 4. The molecule has 0 unspecified atom stereocenters. The number of aromatic hydroxyl groups is 2. The number of aryl methyl sites for hydroxylation is 2. The Labute approximate surface area is 232 Å². The fourth-order valence-corrected chi connectivity index (χ4v) is 6.01. The molecule has 4 aromatic rings. The van der Waals surface area contributed by atoms with E-state index in [0.717, 1.165) is 24.3 Å². The molecule has 0 heterocycles. The maximum absolute atomic E-state index is 12.1. The van der Waals surface area contributed by atoms with Gasteiger partial charge in [0, 0.05) is 33.2 Å². The van der Waals surface area contributed by atoms with E-state index in [9.17, 15) is 49.1 Å². The summed E-state index contributed by atoms with van der Waals surface area (Å²) < 4.78 is 100. The van der Waals surface area contributed by atoms with Crippen LogP contribution in [0.25, 0.3) is 21.5 Å². The maximum Gasteiger partial charge on any atom is 0.295 e. The number of phenols is 2. The van der Waals surface area contributed by atoms with Gasteiger partial charge in [0.15, 0.2) is 5.75 Å². The van der Waals surface area contributed by atoms with Crippen molar-refractivity contribution in [3.8, 4) is 11.5 Å². The summed E-state index contributed by atoms with van der Waals surface area (Å²) in [5.74, 6) is -1.44. The molecule has 4 rings (SSSR count). The predicted molar refractivity (Wildman–Crippen MR) is 134 cm³/mol. The van der Waals surface area contributed by atoms with E-state index in [1.54, 1.807) is 6.92 Å². The zero-order valence-corrected chi connectivity index (χ0v) is 23.0. The summed E-state index contributed by atoms with van der Waals surface area (Å²) in [6, 6.07) is 7.56. The summed E-state index contributed by atoms with van der Waals surface area (Å²) in [6.07, 6.45) is 0. The zero-order valence-electron chi connectivity index (χ0n) is 19.6. The number of azo groups is 1. The topological polar surface area (TPSA) is 228 Å². The Balaban J connectivity index is 0.00000420. The Morgan fingerprint density at radius 3 is 1.85 bits per heavy atom. The van der Waals surface area contributed by atoms with E-state index in [-0.39, 0.29) is 33.7 Å². The van der Waals surface area contributed by atoms with Crippen molar-refractivity contribution in [1.82, 2.24) is 0 Å². The van der Waals surface area contributed by atoms with Crippen molar-refractivity contribution in [3.63, 3.8) is 0 Å². The summed E-state index contributed by atoms with van der Waals surface area (Å²) >= 11 is 0. The van der Waals surface area contributed by atoms with Crippen LogP contribution in [0.15, 0.2) is 67.4 Å². The van der Waals surface area contributed by atoms with Gasteiger partial charge in [-0.25, -0.2) is 0 Å². The molecule has 1 radical (unpaired) electrons. The van der Waals surface area contributed by atoms with Gasteiger partial charge in [-0.1, -0.05) is 6.07 Å². The van der Waals surface area contributed by atoms with Crippen LogP contribution >= 0.6 is 0 Å². The summed E-state index contributed by atoms with van der Waals surface area (Å²) in [5.41, 5.74) is -0.357. The van der Waals surface area contributed by atoms with Crippen molar-refractivity contribution in [2.24, 2.45) is 10.2 Å². The third-order valence-electron chi connectivity index (χ3n) is 5.64. The second kappa shape index (κ2) is 10.1. The van der Waals surface area contributed by atoms with Crippen molar-refractivity contribution >= 4 is 63.3 Å². The largest absolute Gasteiger partial charge is 0.506 e. The van der Waals surface area contributed by atoms with Crippen LogP contribution in [0.5, 0.6) is 11.5 Å². The van der Waals surface area contributed by atoms with E-state index >= 15 is 0 Å². The molecule has 4 aromatic carbocycles. The monoisotopic (exact) mass is 645 g/mol. The molecule has 0 saturated heterocycles. The summed E-state index contributed by atoms with van der Waals surface area (Å²) in [4.78, 5) is -2.25. The standard InChI is InChI=1S/C22H18N2O11S3.Cu/c1-10-5-15-18(37(30,31)32)9-16(22(26)20(15)19(6-10)38(33,34)35)23-24-21-14-8-12(36(27,28)29)3-4-13(14)11(2)7-17(21)25;/h3-9,25-26H,1-2H3,(H,27,28,29)(H,30,31,32)(H,33,34,35);. The first-order chi connectivity index (χ1) is 17.4. The second-order valence-corrected chi connectivity index (χ2v) is 12.5. The molecule has 0 saturated carbocycles. The molecule has 5 N–H and O–H groups in total. The van der Waals surface area contributed by atoms with Crippen molar-refractivity contribution < 1.29 is 66.2 Å². The van der Waals surface area contributed by atoms with Crippen molar-refractivity contribution in [1.29, 1.82) is 0 Å². The molecule has 0 atom stereocenters. The second-order valence-electron chi connectivity index (χ2n) is 8.32. The Morgan fingerprint density at radius 2 is 1.28 bits per heavy atom. The van der Waals surface area contributed by atoms with Gasteiger partial charge in [0.05, 0.1) is 4.90 Å². The van der Waals surface area contributed by atoms with Gasteiger partial charge in [-0.2, -0.15) is 25.3 Å². The SMILES string of the molecule is Cc1cc(S(=O)(=O)O)c2c(O)c(N=Nc3c(O)cc(C)c4ccc(S(=O)(=O)O)cc34)cc(S(=O)(=O)O)c2c1.[Cu]. The number of fused-ring (bicyclic) bond motifs is 2. The number of phenolic OH excluding ortho intramolecular Hbond substituents is 2. The zero-order chi connectivity index (χ0) is 28.4. The van der Waals surface area contributed by atoms with Crippen molar-refractivity contribution in [2.45, 2.75) is 28.5 Å². The van der Waals surface area contributed by atoms with Crippen molar-refractivity contribution in [3.05, 3.63) is 53.6 Å². The Hall–Kier alpha value is -3.15. The van der Waals surface area contributed by atoms with E-state index in [4.69, 9.17) is 0 Å². The van der Waals surface area contributed by atoms with Crippen LogP contribution < -0.4 is 0 Å². The van der Waals surface area contributed by atoms with E-state index in [0.29, 0.717) is 17.0 Å². The average Bonchev–Trinajstić information content (AvgIpc) is 2.77. The molecule has 17 heteroatoms. The van der Waals surface area contributed by atoms with Gasteiger partial charge in [0.2, 0.25) is 0 Å². The van der Waals surface area contributed by atoms with Gasteiger partial charge in [0.1, 0.15) is 26.9 Å². The van der Waals surface area contributed by atoms with Gasteiger partial charge in [-0.05, 0) is 66.8 Å². The Morgan fingerprint density at radius 1 is 0.667 bits per heavy atom. The molecule has 0 aromatic heterocycles. The van der Waals surface area contributed by atoms with Crippen LogP contribution in [0, 0.1) is 13.8 Å². The Kier molecular flexibility index (Phi) is 7.88. The first-order valence-electron chi connectivity index (χ1n) is 10.3. The molecule has 0 fully saturated rings. The summed E-state index contributed by atoms with van der Waals surface area (Å²) in [6.45, 7) is 2.99. The molecule has 13 nitrogen and oxygen atoms in total. The van der Waals surface area contributed by atoms with Gasteiger partial charge >= 0.3 is 0 Å². The fourth-order valence-electron chi connectivity index (χ4n) is 4.00. The van der Waals surface area contributed by atoms with Crippen LogP contribution in [0.3, 0.4) is 0 Å². The fraction of sp³-hybridized carbons (Fsp3) is 0.0909. The minimum atomic E-state index is -5.03. The van der Waals surface area contributed by atoms with Gasteiger partial charge < -0.3 is 10.2 Å². The molecule has 0 aliphatic carbocycles. The number of nitrogens with zero attached hydrogens (tertiary/aromatic N) is 2. The van der Waals surface area contributed by atoms with E-state index < -0.39 is 73.0 Å². The molecule has 211 valence electrons. The molecular weight excluding hydrogens is 628 g/mol. The van der Waals surface area contributed by atoms with Crippen LogP contribution in [-0.4, -0.2) is 49.1 Å². The molecule has 0 bridgehead atoms. The predicted octanol–water partition coefficient (Wildman–Crippen LogP) is 4.17. The average molecular weight is 646 g/mol. The first-order valence-corrected chi connectivity index (χ1v) is 14.6. The van der Waals surface area contributed by atoms with Gasteiger partial charge in [-0.3, -0.25) is 13.7 Å². The molecular formula is C22H18CuN2O11S3. The third-order valence-corrected chi connectivity index (χ3v) is 8.26. The van der Waals surface area contributed by atoms with Crippen molar-refractivity contribution in [2.75, 3.05) is 0 Å². The third kappa shape index (κ3) is 5.75. The molecule has 0 spiro atoms. The minimum absolute atomic E-state index is 0.